The summed E-state index contributed by atoms with van der Waals surface area (Å²) in [7, 11) is 0. The van der Waals surface area contributed by atoms with Crippen molar-refractivity contribution in [1.82, 2.24) is 14.7 Å². The van der Waals surface area contributed by atoms with Gasteiger partial charge in [-0.3, -0.25) is 9.79 Å². The molecule has 0 saturated carbocycles. The van der Waals surface area contributed by atoms with Crippen molar-refractivity contribution >= 4 is 51.8 Å². The fourth-order valence-electron chi connectivity index (χ4n) is 3.53. The molecule has 0 fully saturated rings. The minimum atomic E-state index is -0.140. The van der Waals surface area contributed by atoms with Crippen LogP contribution < -0.4 is 5.32 Å². The molecule has 0 atom stereocenters. The molecule has 0 radical (unpaired) electrons. The fourth-order valence-corrected chi connectivity index (χ4v) is 4.53. The zero-order valence-electron chi connectivity index (χ0n) is 16.5. The highest BCUT2D eigenvalue weighted by atomic mass is 35.5. The zero-order valence-corrected chi connectivity index (χ0v) is 18.1. The molecule has 1 aromatic heterocycles. The molecule has 3 aromatic rings. The van der Waals surface area contributed by atoms with Crippen LogP contribution in [-0.2, 0) is 4.79 Å². The van der Waals surface area contributed by atoms with E-state index in [2.05, 4.69) is 15.3 Å². The quantitative estimate of drug-likeness (QED) is 0.641. The summed E-state index contributed by atoms with van der Waals surface area (Å²) in [6.07, 6.45) is 2.76. The maximum atomic E-state index is 12.5. The SMILES string of the molecule is O=C(CSC1=Nc2c(cnn2-c2ccccc2)C2=NCCCN12)Nc1ccccc1Cl. The van der Waals surface area contributed by atoms with Crippen LogP contribution in [0.1, 0.15) is 12.0 Å². The standard InChI is InChI=1S/C22H19ClN6OS/c23-17-9-4-5-10-18(17)26-19(30)14-31-22-27-21-16(20-24-11-6-12-28(20)22)13-25-29(21)15-7-2-1-3-8-15/h1-5,7-10,13H,6,11-12,14H2,(H,26,30). The number of carbonyl (C=O) groups is 1. The average molecular weight is 451 g/mol. The topological polar surface area (TPSA) is 74.9 Å². The molecule has 0 aliphatic carbocycles. The fraction of sp³-hybridized carbons (Fsp3) is 0.182. The molecule has 1 amide bonds. The lowest BCUT2D eigenvalue weighted by molar-refractivity contribution is -0.113. The molecule has 9 heteroatoms. The van der Waals surface area contributed by atoms with E-state index in [0.29, 0.717) is 10.7 Å². The van der Waals surface area contributed by atoms with Gasteiger partial charge >= 0.3 is 0 Å². The van der Waals surface area contributed by atoms with Crippen molar-refractivity contribution < 1.29 is 4.79 Å². The van der Waals surface area contributed by atoms with Gasteiger partial charge in [0.25, 0.3) is 0 Å². The summed E-state index contributed by atoms with van der Waals surface area (Å²) < 4.78 is 1.81. The largest absolute Gasteiger partial charge is 0.324 e. The smallest absolute Gasteiger partial charge is 0.234 e. The zero-order chi connectivity index (χ0) is 21.2. The number of hydrogen-bond acceptors (Lipinski definition) is 6. The van der Waals surface area contributed by atoms with Crippen LogP contribution in [0.2, 0.25) is 5.02 Å². The Morgan fingerprint density at radius 1 is 1.13 bits per heavy atom. The second kappa shape index (κ2) is 8.56. The lowest BCUT2D eigenvalue weighted by atomic mass is 10.2. The number of para-hydroxylation sites is 2. The molecule has 0 saturated heterocycles. The van der Waals surface area contributed by atoms with E-state index in [1.54, 1.807) is 12.1 Å². The summed E-state index contributed by atoms with van der Waals surface area (Å²) in [5.41, 5.74) is 2.44. The van der Waals surface area contributed by atoms with Crippen LogP contribution >= 0.6 is 23.4 Å². The normalized spacial score (nSPS) is 14.9. The van der Waals surface area contributed by atoms with Crippen LogP contribution in [0.4, 0.5) is 11.5 Å². The number of nitrogens with one attached hydrogen (secondary N) is 1. The van der Waals surface area contributed by atoms with Crippen molar-refractivity contribution in [3.8, 4) is 5.69 Å². The molecule has 31 heavy (non-hydrogen) atoms. The van der Waals surface area contributed by atoms with Gasteiger partial charge in [0, 0.05) is 13.1 Å². The van der Waals surface area contributed by atoms with Crippen molar-refractivity contribution in [3.05, 3.63) is 71.4 Å². The molecule has 0 bridgehead atoms. The van der Waals surface area contributed by atoms with E-state index in [0.717, 1.165) is 47.6 Å². The van der Waals surface area contributed by atoms with Crippen molar-refractivity contribution in [2.24, 2.45) is 9.98 Å². The Morgan fingerprint density at radius 3 is 2.77 bits per heavy atom. The van der Waals surface area contributed by atoms with Gasteiger partial charge in [-0.05, 0) is 30.7 Å². The van der Waals surface area contributed by atoms with Crippen LogP contribution in [-0.4, -0.2) is 50.4 Å². The first kappa shape index (κ1) is 19.8. The number of carbonyl (C=O) groups excluding carboxylic acids is 1. The first-order chi connectivity index (χ1) is 15.2. The third-order valence-corrected chi connectivity index (χ3v) is 6.26. The molecule has 2 aliphatic heterocycles. The van der Waals surface area contributed by atoms with E-state index in [-0.39, 0.29) is 11.7 Å². The second-order valence-corrected chi connectivity index (χ2v) is 8.40. The van der Waals surface area contributed by atoms with Crippen LogP contribution in [0.3, 0.4) is 0 Å². The lowest BCUT2D eigenvalue weighted by Crippen LogP contribution is -2.42. The van der Waals surface area contributed by atoms with Crippen LogP contribution in [0.15, 0.2) is 70.8 Å². The van der Waals surface area contributed by atoms with E-state index in [1.807, 2.05) is 53.3 Å². The highest BCUT2D eigenvalue weighted by Crippen LogP contribution is 2.33. The first-order valence-electron chi connectivity index (χ1n) is 9.92. The van der Waals surface area contributed by atoms with Gasteiger partial charge in [-0.25, -0.2) is 9.67 Å². The van der Waals surface area contributed by atoms with E-state index in [1.165, 1.54) is 11.8 Å². The number of nitrogens with zero attached hydrogens (tertiary/aromatic N) is 5. The number of fused-ring (bicyclic) bond motifs is 3. The minimum absolute atomic E-state index is 0.140. The molecule has 5 rings (SSSR count). The monoisotopic (exact) mass is 450 g/mol. The van der Waals surface area contributed by atoms with Gasteiger partial charge in [-0.15, -0.1) is 0 Å². The van der Waals surface area contributed by atoms with E-state index in [9.17, 15) is 4.79 Å². The molecule has 156 valence electrons. The van der Waals surface area contributed by atoms with E-state index < -0.39 is 0 Å². The van der Waals surface area contributed by atoms with Crippen molar-refractivity contribution in [2.45, 2.75) is 6.42 Å². The number of rotatable bonds is 4. The maximum absolute atomic E-state index is 12.5. The van der Waals surface area contributed by atoms with Gasteiger partial charge in [0.2, 0.25) is 5.91 Å². The summed E-state index contributed by atoms with van der Waals surface area (Å²) in [6.45, 7) is 1.58. The minimum Gasteiger partial charge on any atom is -0.324 e. The first-order valence-corrected chi connectivity index (χ1v) is 11.3. The molecule has 3 heterocycles. The summed E-state index contributed by atoms with van der Waals surface area (Å²) in [5, 5.41) is 8.67. The third-order valence-electron chi connectivity index (χ3n) is 4.96. The number of benzene rings is 2. The molecule has 2 aromatic carbocycles. The molecule has 0 spiro atoms. The van der Waals surface area contributed by atoms with Crippen molar-refractivity contribution in [2.75, 3.05) is 24.2 Å². The van der Waals surface area contributed by atoms with Crippen LogP contribution in [0.25, 0.3) is 5.69 Å². The van der Waals surface area contributed by atoms with Gasteiger partial charge in [0.05, 0.1) is 33.9 Å². The summed E-state index contributed by atoms with van der Waals surface area (Å²) >= 11 is 7.53. The van der Waals surface area contributed by atoms with Crippen molar-refractivity contribution in [1.29, 1.82) is 0 Å². The number of amides is 1. The molecule has 7 nitrogen and oxygen atoms in total. The van der Waals surface area contributed by atoms with E-state index in [4.69, 9.17) is 21.6 Å². The third kappa shape index (κ3) is 3.96. The Hall–Kier alpha value is -3.10. The Balaban J connectivity index is 1.41. The Labute approximate surface area is 188 Å². The van der Waals surface area contributed by atoms with Crippen LogP contribution in [0, 0.1) is 0 Å². The maximum Gasteiger partial charge on any atom is 0.234 e. The highest BCUT2D eigenvalue weighted by molar-refractivity contribution is 8.14. The summed E-state index contributed by atoms with van der Waals surface area (Å²) in [6, 6.07) is 17.1. The van der Waals surface area contributed by atoms with Gasteiger partial charge in [0.15, 0.2) is 11.0 Å². The summed E-state index contributed by atoms with van der Waals surface area (Å²) in [5.74, 6) is 1.67. The number of aromatic nitrogens is 2. The molecule has 2 aliphatic rings. The molecule has 1 N–H and O–H groups in total. The predicted octanol–water partition coefficient (Wildman–Crippen LogP) is 4.35. The Kier molecular flexibility index (Phi) is 5.48. The average Bonchev–Trinajstić information content (AvgIpc) is 3.24. The van der Waals surface area contributed by atoms with Gasteiger partial charge in [-0.2, -0.15) is 5.10 Å². The number of anilines is 1. The molecular formula is C22H19ClN6OS. The predicted molar refractivity (Wildman–Crippen MR) is 126 cm³/mol. The number of aliphatic imine (C=N–C) groups is 2. The van der Waals surface area contributed by atoms with Crippen LogP contribution in [0.5, 0.6) is 0 Å². The highest BCUT2D eigenvalue weighted by Gasteiger charge is 2.31. The Morgan fingerprint density at radius 2 is 1.94 bits per heavy atom. The van der Waals surface area contributed by atoms with E-state index >= 15 is 0 Å². The molecule has 0 unspecified atom stereocenters. The number of amidine groups is 2. The Bertz CT molecular complexity index is 1190. The van der Waals surface area contributed by atoms with Crippen molar-refractivity contribution in [3.63, 3.8) is 0 Å². The number of thioether (sulfide) groups is 1. The lowest BCUT2D eigenvalue weighted by Gasteiger charge is -2.32. The van der Waals surface area contributed by atoms with Gasteiger partial charge < -0.3 is 10.2 Å². The summed E-state index contributed by atoms with van der Waals surface area (Å²) in [4.78, 5) is 24.2. The molecular weight excluding hydrogens is 432 g/mol. The number of halogens is 1. The van der Waals surface area contributed by atoms with Gasteiger partial charge in [0.1, 0.15) is 5.84 Å². The second-order valence-electron chi connectivity index (χ2n) is 7.05. The number of hydrogen-bond donors (Lipinski definition) is 1. The van der Waals surface area contributed by atoms with Gasteiger partial charge in [-0.1, -0.05) is 53.7 Å².